The molecule has 0 spiro atoms. The number of nitrogens with zero attached hydrogens (tertiary/aromatic N) is 3. The lowest BCUT2D eigenvalue weighted by Gasteiger charge is -2.07. The lowest BCUT2D eigenvalue weighted by atomic mass is 10.1. The standard InChI is InChI=1S/C12H12N4S/c1-7-4-8(2)14-11(10(7)5-13)16-12-15-9(3)6-17-12/h4,6H,1-3H3,(H,14,15,16). The van der Waals surface area contributed by atoms with Crippen molar-refractivity contribution in [2.75, 3.05) is 5.32 Å². The minimum absolute atomic E-state index is 0.573. The minimum atomic E-state index is 0.573. The van der Waals surface area contributed by atoms with E-state index >= 15 is 0 Å². The van der Waals surface area contributed by atoms with Crippen molar-refractivity contribution in [1.82, 2.24) is 9.97 Å². The summed E-state index contributed by atoms with van der Waals surface area (Å²) in [7, 11) is 0. The highest BCUT2D eigenvalue weighted by atomic mass is 32.1. The fraction of sp³-hybridized carbons (Fsp3) is 0.250. The van der Waals surface area contributed by atoms with Crippen LogP contribution in [0.2, 0.25) is 0 Å². The fourth-order valence-electron chi connectivity index (χ4n) is 1.58. The van der Waals surface area contributed by atoms with Crippen molar-refractivity contribution in [2.24, 2.45) is 0 Å². The monoisotopic (exact) mass is 244 g/mol. The zero-order valence-corrected chi connectivity index (χ0v) is 10.7. The molecule has 0 aromatic carbocycles. The Morgan fingerprint density at radius 2 is 2.00 bits per heavy atom. The van der Waals surface area contributed by atoms with Gasteiger partial charge in [-0.2, -0.15) is 5.26 Å². The van der Waals surface area contributed by atoms with Crippen LogP contribution in [0.1, 0.15) is 22.5 Å². The average molecular weight is 244 g/mol. The number of aryl methyl sites for hydroxylation is 3. The quantitative estimate of drug-likeness (QED) is 0.881. The molecule has 17 heavy (non-hydrogen) atoms. The smallest absolute Gasteiger partial charge is 0.188 e. The first-order valence-electron chi connectivity index (χ1n) is 5.17. The minimum Gasteiger partial charge on any atom is -0.315 e. The Morgan fingerprint density at radius 1 is 1.24 bits per heavy atom. The van der Waals surface area contributed by atoms with Gasteiger partial charge in [0.2, 0.25) is 0 Å². The van der Waals surface area contributed by atoms with Crippen LogP contribution in [0.15, 0.2) is 11.4 Å². The second-order valence-electron chi connectivity index (χ2n) is 3.83. The highest BCUT2D eigenvalue weighted by Crippen LogP contribution is 2.24. The van der Waals surface area contributed by atoms with Gasteiger partial charge in [-0.15, -0.1) is 11.3 Å². The van der Waals surface area contributed by atoms with Crippen molar-refractivity contribution in [3.8, 4) is 6.07 Å². The molecule has 0 aliphatic rings. The molecule has 0 atom stereocenters. The maximum Gasteiger partial charge on any atom is 0.188 e. The number of nitrogens with one attached hydrogen (secondary N) is 1. The summed E-state index contributed by atoms with van der Waals surface area (Å²) in [5, 5.41) is 14.9. The molecule has 0 radical (unpaired) electrons. The van der Waals surface area contributed by atoms with E-state index in [-0.39, 0.29) is 0 Å². The molecule has 1 N–H and O–H groups in total. The third-order valence-electron chi connectivity index (χ3n) is 2.30. The molecule has 0 bridgehead atoms. The van der Waals surface area contributed by atoms with E-state index in [1.54, 1.807) is 0 Å². The Hall–Kier alpha value is -1.93. The molecule has 5 heteroatoms. The number of rotatable bonds is 2. The predicted molar refractivity (Wildman–Crippen MR) is 68.6 cm³/mol. The summed E-state index contributed by atoms with van der Waals surface area (Å²) < 4.78 is 0. The van der Waals surface area contributed by atoms with Crippen LogP contribution in [-0.4, -0.2) is 9.97 Å². The van der Waals surface area contributed by atoms with E-state index in [2.05, 4.69) is 21.4 Å². The van der Waals surface area contributed by atoms with Gasteiger partial charge in [0.25, 0.3) is 0 Å². The molecule has 0 fully saturated rings. The van der Waals surface area contributed by atoms with Gasteiger partial charge in [0.1, 0.15) is 6.07 Å². The van der Waals surface area contributed by atoms with E-state index in [0.717, 1.165) is 22.1 Å². The normalized spacial score (nSPS) is 10.0. The first-order valence-corrected chi connectivity index (χ1v) is 6.05. The Balaban J connectivity index is 2.42. The second-order valence-corrected chi connectivity index (χ2v) is 4.69. The third-order valence-corrected chi connectivity index (χ3v) is 3.18. The molecule has 0 aliphatic heterocycles. The van der Waals surface area contributed by atoms with Gasteiger partial charge >= 0.3 is 0 Å². The zero-order valence-electron chi connectivity index (χ0n) is 9.90. The molecule has 2 aromatic heterocycles. The maximum absolute atomic E-state index is 9.13. The van der Waals surface area contributed by atoms with Gasteiger partial charge in [-0.05, 0) is 32.4 Å². The van der Waals surface area contributed by atoms with E-state index in [1.807, 2.05) is 32.2 Å². The molecule has 2 aromatic rings. The van der Waals surface area contributed by atoms with Crippen LogP contribution in [0.4, 0.5) is 10.9 Å². The van der Waals surface area contributed by atoms with Crippen molar-refractivity contribution in [1.29, 1.82) is 5.26 Å². The average Bonchev–Trinajstić information content (AvgIpc) is 2.63. The third kappa shape index (κ3) is 2.43. The lowest BCUT2D eigenvalue weighted by Crippen LogP contribution is -2.00. The molecule has 2 rings (SSSR count). The molecular formula is C12H12N4S. The number of hydrogen-bond donors (Lipinski definition) is 1. The van der Waals surface area contributed by atoms with Crippen molar-refractivity contribution in [3.63, 3.8) is 0 Å². The summed E-state index contributed by atoms with van der Waals surface area (Å²) in [6.07, 6.45) is 0. The molecule has 4 nitrogen and oxygen atoms in total. The molecular weight excluding hydrogens is 232 g/mol. The summed E-state index contributed by atoms with van der Waals surface area (Å²) in [6, 6.07) is 4.07. The summed E-state index contributed by atoms with van der Waals surface area (Å²) in [4.78, 5) is 8.64. The van der Waals surface area contributed by atoms with E-state index in [1.165, 1.54) is 11.3 Å². The van der Waals surface area contributed by atoms with E-state index in [0.29, 0.717) is 11.4 Å². The Morgan fingerprint density at radius 3 is 2.59 bits per heavy atom. The van der Waals surface area contributed by atoms with Crippen LogP contribution in [0, 0.1) is 32.1 Å². The number of aromatic nitrogens is 2. The summed E-state index contributed by atoms with van der Waals surface area (Å²) in [5.41, 5.74) is 3.34. The second kappa shape index (κ2) is 4.52. The molecule has 2 heterocycles. The number of thiazole rings is 1. The van der Waals surface area contributed by atoms with E-state index in [9.17, 15) is 0 Å². The van der Waals surface area contributed by atoms with Crippen molar-refractivity contribution < 1.29 is 0 Å². The van der Waals surface area contributed by atoms with Gasteiger partial charge < -0.3 is 5.32 Å². The van der Waals surface area contributed by atoms with Crippen LogP contribution >= 0.6 is 11.3 Å². The van der Waals surface area contributed by atoms with Gasteiger partial charge in [-0.3, -0.25) is 0 Å². The first-order chi connectivity index (χ1) is 8.10. The van der Waals surface area contributed by atoms with Gasteiger partial charge in [0.05, 0.1) is 11.3 Å². The highest BCUT2D eigenvalue weighted by molar-refractivity contribution is 7.13. The first kappa shape index (κ1) is 11.6. The van der Waals surface area contributed by atoms with Crippen molar-refractivity contribution in [3.05, 3.63) is 34.0 Å². The lowest BCUT2D eigenvalue weighted by molar-refractivity contribution is 1.15. The maximum atomic E-state index is 9.13. The van der Waals surface area contributed by atoms with Crippen molar-refractivity contribution in [2.45, 2.75) is 20.8 Å². The zero-order chi connectivity index (χ0) is 12.4. The van der Waals surface area contributed by atoms with Crippen LogP contribution in [0.3, 0.4) is 0 Å². The van der Waals surface area contributed by atoms with Crippen molar-refractivity contribution >= 4 is 22.3 Å². The molecule has 0 saturated heterocycles. The topological polar surface area (TPSA) is 61.6 Å². The fourth-order valence-corrected chi connectivity index (χ4v) is 2.27. The van der Waals surface area contributed by atoms with Crippen LogP contribution in [0.5, 0.6) is 0 Å². The number of nitriles is 1. The SMILES string of the molecule is Cc1csc(Nc2nc(C)cc(C)c2C#N)n1. The highest BCUT2D eigenvalue weighted by Gasteiger charge is 2.09. The summed E-state index contributed by atoms with van der Waals surface area (Å²) >= 11 is 1.50. The number of anilines is 2. The van der Waals surface area contributed by atoms with Gasteiger partial charge in [-0.1, -0.05) is 0 Å². The molecule has 0 amide bonds. The largest absolute Gasteiger partial charge is 0.315 e. The van der Waals surface area contributed by atoms with Crippen LogP contribution < -0.4 is 5.32 Å². The predicted octanol–water partition coefficient (Wildman–Crippen LogP) is 3.08. The number of pyridine rings is 1. The molecule has 0 unspecified atom stereocenters. The Kier molecular flexibility index (Phi) is 3.07. The van der Waals surface area contributed by atoms with Gasteiger partial charge in [0, 0.05) is 11.1 Å². The van der Waals surface area contributed by atoms with E-state index < -0.39 is 0 Å². The van der Waals surface area contributed by atoms with Gasteiger partial charge in [-0.25, -0.2) is 9.97 Å². The Labute approximate surface area is 104 Å². The molecule has 0 saturated carbocycles. The van der Waals surface area contributed by atoms with Crippen LogP contribution in [0.25, 0.3) is 0 Å². The molecule has 0 aliphatic carbocycles. The summed E-state index contributed by atoms with van der Waals surface area (Å²) in [6.45, 7) is 5.75. The Bertz CT molecular complexity index is 595. The summed E-state index contributed by atoms with van der Waals surface area (Å²) in [5.74, 6) is 0.583. The van der Waals surface area contributed by atoms with Gasteiger partial charge in [0.15, 0.2) is 10.9 Å². The number of hydrogen-bond acceptors (Lipinski definition) is 5. The van der Waals surface area contributed by atoms with E-state index in [4.69, 9.17) is 5.26 Å². The molecule has 86 valence electrons. The van der Waals surface area contributed by atoms with Crippen LogP contribution in [-0.2, 0) is 0 Å².